The lowest BCUT2D eigenvalue weighted by Crippen LogP contribution is -2.28. The summed E-state index contributed by atoms with van der Waals surface area (Å²) in [5.41, 5.74) is 1.27. The van der Waals surface area contributed by atoms with Gasteiger partial charge in [0, 0.05) is 22.5 Å². The molecule has 16 heavy (non-hydrogen) atoms. The zero-order valence-corrected chi connectivity index (χ0v) is 10.5. The van der Waals surface area contributed by atoms with Crippen LogP contribution in [0, 0.1) is 0 Å². The molecule has 1 aromatic rings. The Morgan fingerprint density at radius 1 is 1.31 bits per heavy atom. The van der Waals surface area contributed by atoms with Crippen molar-refractivity contribution in [1.82, 2.24) is 5.32 Å². The summed E-state index contributed by atoms with van der Waals surface area (Å²) in [6.45, 7) is 2.51. The van der Waals surface area contributed by atoms with Gasteiger partial charge >= 0.3 is 0 Å². The van der Waals surface area contributed by atoms with Gasteiger partial charge in [-0.1, -0.05) is 15.9 Å². The average Bonchev–Trinajstić information content (AvgIpc) is 2.77. The molecule has 3 nitrogen and oxygen atoms in total. The molecule has 2 aliphatic rings. The maximum Gasteiger partial charge on any atom is 0.231 e. The van der Waals surface area contributed by atoms with Gasteiger partial charge in [0.25, 0.3) is 0 Å². The number of fused-ring (bicyclic) bond motifs is 1. The smallest absolute Gasteiger partial charge is 0.231 e. The third-order valence-electron chi connectivity index (χ3n) is 3.20. The lowest BCUT2D eigenvalue weighted by atomic mass is 9.91. The number of rotatable bonds is 1. The highest BCUT2D eigenvalue weighted by atomic mass is 79.9. The third kappa shape index (κ3) is 1.80. The predicted molar refractivity (Wildman–Crippen MR) is 65.1 cm³/mol. The van der Waals surface area contributed by atoms with Crippen molar-refractivity contribution in [3.63, 3.8) is 0 Å². The van der Waals surface area contributed by atoms with Crippen LogP contribution < -0.4 is 14.8 Å². The monoisotopic (exact) mass is 283 g/mol. The Morgan fingerprint density at radius 3 is 3.06 bits per heavy atom. The topological polar surface area (TPSA) is 30.5 Å². The van der Waals surface area contributed by atoms with Crippen molar-refractivity contribution < 1.29 is 9.47 Å². The fraction of sp³-hybridized carbons (Fsp3) is 0.500. The van der Waals surface area contributed by atoms with Gasteiger partial charge in [0.15, 0.2) is 11.5 Å². The first-order valence-corrected chi connectivity index (χ1v) is 6.43. The zero-order valence-electron chi connectivity index (χ0n) is 8.96. The molecule has 1 saturated heterocycles. The Kier molecular flexibility index (Phi) is 2.77. The van der Waals surface area contributed by atoms with Crippen LogP contribution in [0.1, 0.15) is 24.3 Å². The number of hydrogen-bond acceptors (Lipinski definition) is 3. The number of nitrogens with one attached hydrogen (secondary N) is 1. The Labute approximate surface area is 103 Å². The number of halogens is 1. The lowest BCUT2D eigenvalue weighted by Gasteiger charge is -2.24. The van der Waals surface area contributed by atoms with Crippen molar-refractivity contribution in [2.75, 3.05) is 19.9 Å². The molecule has 86 valence electrons. The summed E-state index contributed by atoms with van der Waals surface area (Å²) in [4.78, 5) is 0. The van der Waals surface area contributed by atoms with E-state index in [0.717, 1.165) is 29.1 Å². The van der Waals surface area contributed by atoms with Gasteiger partial charge in [-0.05, 0) is 31.5 Å². The molecule has 0 aromatic heterocycles. The molecule has 1 fully saturated rings. The molecule has 0 amide bonds. The summed E-state index contributed by atoms with van der Waals surface area (Å²) in [6.07, 6.45) is 2.45. The summed E-state index contributed by atoms with van der Waals surface area (Å²) >= 11 is 3.53. The largest absolute Gasteiger partial charge is 0.454 e. The maximum atomic E-state index is 5.57. The van der Waals surface area contributed by atoms with E-state index in [9.17, 15) is 0 Å². The van der Waals surface area contributed by atoms with Crippen LogP contribution in [-0.2, 0) is 0 Å². The van der Waals surface area contributed by atoms with Crippen molar-refractivity contribution >= 4 is 15.9 Å². The molecule has 2 aliphatic heterocycles. The maximum absolute atomic E-state index is 5.57. The quantitative estimate of drug-likeness (QED) is 0.860. The predicted octanol–water partition coefficient (Wildman–Crippen LogP) is 2.64. The summed E-state index contributed by atoms with van der Waals surface area (Å²) < 4.78 is 12.1. The molecule has 1 aromatic carbocycles. The van der Waals surface area contributed by atoms with E-state index in [1.165, 1.54) is 18.4 Å². The fourth-order valence-electron chi connectivity index (χ4n) is 2.42. The van der Waals surface area contributed by atoms with Crippen molar-refractivity contribution in [1.29, 1.82) is 0 Å². The molecule has 0 saturated carbocycles. The SMILES string of the molecule is Brc1cc2c(c(C3CCCNC3)c1)OCO2. The van der Waals surface area contributed by atoms with E-state index in [1.807, 2.05) is 6.07 Å². The second-order valence-corrected chi connectivity index (χ2v) is 5.19. The minimum atomic E-state index is 0.346. The van der Waals surface area contributed by atoms with E-state index in [4.69, 9.17) is 9.47 Å². The minimum Gasteiger partial charge on any atom is -0.454 e. The molecule has 1 atom stereocenters. The van der Waals surface area contributed by atoms with Crippen molar-refractivity contribution in [2.24, 2.45) is 0 Å². The van der Waals surface area contributed by atoms with Gasteiger partial charge < -0.3 is 14.8 Å². The zero-order chi connectivity index (χ0) is 11.0. The lowest BCUT2D eigenvalue weighted by molar-refractivity contribution is 0.172. The van der Waals surface area contributed by atoms with Crippen LogP contribution in [0.4, 0.5) is 0 Å². The molecule has 0 radical (unpaired) electrons. The molecule has 0 aliphatic carbocycles. The number of ether oxygens (including phenoxy) is 2. The summed E-state index contributed by atoms with van der Waals surface area (Å²) in [6, 6.07) is 4.13. The number of hydrogen-bond donors (Lipinski definition) is 1. The normalized spacial score (nSPS) is 23.4. The minimum absolute atomic E-state index is 0.346. The van der Waals surface area contributed by atoms with Crippen molar-refractivity contribution in [2.45, 2.75) is 18.8 Å². The van der Waals surface area contributed by atoms with Crippen LogP contribution in [0.25, 0.3) is 0 Å². The Bertz CT molecular complexity index is 402. The van der Waals surface area contributed by atoms with Gasteiger partial charge in [0.1, 0.15) is 0 Å². The number of piperidine rings is 1. The first-order valence-electron chi connectivity index (χ1n) is 5.64. The molecule has 0 bridgehead atoms. The molecule has 0 spiro atoms. The van der Waals surface area contributed by atoms with E-state index in [-0.39, 0.29) is 0 Å². The van der Waals surface area contributed by atoms with Crippen LogP contribution in [0.2, 0.25) is 0 Å². The fourth-order valence-corrected chi connectivity index (χ4v) is 2.88. The van der Waals surface area contributed by atoms with Gasteiger partial charge in [-0.2, -0.15) is 0 Å². The first-order chi connectivity index (χ1) is 7.84. The van der Waals surface area contributed by atoms with Crippen molar-refractivity contribution in [3.8, 4) is 11.5 Å². The van der Waals surface area contributed by atoms with Gasteiger partial charge in [-0.15, -0.1) is 0 Å². The molecule has 2 heterocycles. The molecule has 1 unspecified atom stereocenters. The van der Waals surface area contributed by atoms with E-state index in [2.05, 4.69) is 27.3 Å². The molecular formula is C12H14BrNO2. The standard InChI is InChI=1S/C12H14BrNO2/c13-9-4-10(8-2-1-3-14-6-8)12-11(5-9)15-7-16-12/h4-5,8,14H,1-3,6-7H2. The Hall–Kier alpha value is -0.740. The van der Waals surface area contributed by atoms with Crippen LogP contribution in [-0.4, -0.2) is 19.9 Å². The second-order valence-electron chi connectivity index (χ2n) is 4.27. The van der Waals surface area contributed by atoms with E-state index in [0.29, 0.717) is 12.7 Å². The second kappa shape index (κ2) is 4.26. The summed E-state index contributed by atoms with van der Waals surface area (Å²) in [5, 5.41) is 3.43. The molecule has 4 heteroatoms. The van der Waals surface area contributed by atoms with Crippen molar-refractivity contribution in [3.05, 3.63) is 22.2 Å². The summed E-state index contributed by atoms with van der Waals surface area (Å²) in [5.74, 6) is 2.36. The summed E-state index contributed by atoms with van der Waals surface area (Å²) in [7, 11) is 0. The van der Waals surface area contributed by atoms with Gasteiger partial charge in [0.05, 0.1) is 0 Å². The van der Waals surface area contributed by atoms with E-state index in [1.54, 1.807) is 0 Å². The van der Waals surface area contributed by atoms with Gasteiger partial charge in [0.2, 0.25) is 6.79 Å². The molecule has 3 rings (SSSR count). The average molecular weight is 284 g/mol. The third-order valence-corrected chi connectivity index (χ3v) is 3.66. The van der Waals surface area contributed by atoms with E-state index < -0.39 is 0 Å². The van der Waals surface area contributed by atoms with Crippen LogP contribution in [0.15, 0.2) is 16.6 Å². The highest BCUT2D eigenvalue weighted by Gasteiger charge is 2.25. The highest BCUT2D eigenvalue weighted by Crippen LogP contribution is 2.43. The Balaban J connectivity index is 1.99. The first kappa shape index (κ1) is 10.4. The van der Waals surface area contributed by atoms with Crippen LogP contribution in [0.5, 0.6) is 11.5 Å². The molecule has 1 N–H and O–H groups in total. The number of benzene rings is 1. The van der Waals surface area contributed by atoms with Crippen LogP contribution >= 0.6 is 15.9 Å². The van der Waals surface area contributed by atoms with E-state index >= 15 is 0 Å². The van der Waals surface area contributed by atoms with Crippen LogP contribution in [0.3, 0.4) is 0 Å². The van der Waals surface area contributed by atoms with Gasteiger partial charge in [-0.25, -0.2) is 0 Å². The molecular weight excluding hydrogens is 270 g/mol. The van der Waals surface area contributed by atoms with Gasteiger partial charge in [-0.3, -0.25) is 0 Å². The highest BCUT2D eigenvalue weighted by molar-refractivity contribution is 9.10. The Morgan fingerprint density at radius 2 is 2.25 bits per heavy atom.